The highest BCUT2D eigenvalue weighted by atomic mass is 32.2. The van der Waals surface area contributed by atoms with Crippen LogP contribution in [0.15, 0.2) is 18.2 Å². The lowest BCUT2D eigenvalue weighted by atomic mass is 10.2. The molecule has 16 heavy (non-hydrogen) atoms. The van der Waals surface area contributed by atoms with E-state index in [-0.39, 0.29) is 16.7 Å². The Hall–Kier alpha value is -1.43. The average molecular weight is 242 g/mol. The standard InChI is InChI=1S/C10H14N2O3S/c1-11-7-2-5-10(13)9(6-7)12-16(14,15)8-3-4-8/h2,5-6,8,11-13H,3-4H2,1H3. The van der Waals surface area contributed by atoms with E-state index < -0.39 is 10.0 Å². The second kappa shape index (κ2) is 3.86. The predicted octanol–water partition coefficient (Wildman–Crippen LogP) is 1.34. The predicted molar refractivity (Wildman–Crippen MR) is 63.2 cm³/mol. The fraction of sp³-hybridized carbons (Fsp3) is 0.400. The molecule has 88 valence electrons. The van der Waals surface area contributed by atoms with Gasteiger partial charge in [0.15, 0.2) is 0 Å². The minimum atomic E-state index is -3.33. The van der Waals surface area contributed by atoms with E-state index in [1.54, 1.807) is 19.2 Å². The van der Waals surface area contributed by atoms with Gasteiger partial charge in [-0.25, -0.2) is 8.42 Å². The summed E-state index contributed by atoms with van der Waals surface area (Å²) in [6.45, 7) is 0. The third kappa shape index (κ3) is 2.21. The van der Waals surface area contributed by atoms with Crippen LogP contribution in [0, 0.1) is 0 Å². The first-order valence-corrected chi connectivity index (χ1v) is 6.60. The summed E-state index contributed by atoms with van der Waals surface area (Å²) in [5.74, 6) is -0.0665. The van der Waals surface area contributed by atoms with Crippen LogP contribution in [0.25, 0.3) is 0 Å². The van der Waals surface area contributed by atoms with Crippen LogP contribution >= 0.6 is 0 Å². The first-order chi connectivity index (χ1) is 7.53. The SMILES string of the molecule is CNc1ccc(O)c(NS(=O)(=O)C2CC2)c1. The molecule has 2 rings (SSSR count). The number of hydrogen-bond donors (Lipinski definition) is 3. The van der Waals surface area contributed by atoms with E-state index in [2.05, 4.69) is 10.0 Å². The molecule has 0 saturated heterocycles. The lowest BCUT2D eigenvalue weighted by Gasteiger charge is -2.10. The molecule has 0 unspecified atom stereocenters. The summed E-state index contributed by atoms with van der Waals surface area (Å²) in [6.07, 6.45) is 1.39. The third-order valence-electron chi connectivity index (χ3n) is 2.50. The number of nitrogens with one attached hydrogen (secondary N) is 2. The first kappa shape index (κ1) is 11.1. The smallest absolute Gasteiger partial charge is 0.235 e. The molecule has 3 N–H and O–H groups in total. The lowest BCUT2D eigenvalue weighted by molar-refractivity contribution is 0.477. The van der Waals surface area contributed by atoms with Gasteiger partial charge in [0.2, 0.25) is 10.0 Å². The van der Waals surface area contributed by atoms with Crippen molar-refractivity contribution in [3.05, 3.63) is 18.2 Å². The molecule has 0 aromatic heterocycles. The maximum atomic E-state index is 11.7. The van der Waals surface area contributed by atoms with Gasteiger partial charge in [-0.15, -0.1) is 0 Å². The molecule has 1 aromatic rings. The molecule has 1 fully saturated rings. The number of anilines is 2. The van der Waals surface area contributed by atoms with Crippen LogP contribution in [0.3, 0.4) is 0 Å². The highest BCUT2D eigenvalue weighted by Crippen LogP contribution is 2.33. The molecule has 0 bridgehead atoms. The van der Waals surface area contributed by atoms with Crippen LogP contribution in [-0.2, 0) is 10.0 Å². The van der Waals surface area contributed by atoms with Crippen LogP contribution in [0.2, 0.25) is 0 Å². The quantitative estimate of drug-likeness (QED) is 0.550. The molecule has 1 saturated carbocycles. The Morgan fingerprint density at radius 2 is 2.06 bits per heavy atom. The molecule has 1 aliphatic rings. The van der Waals surface area contributed by atoms with Crippen molar-refractivity contribution >= 4 is 21.4 Å². The molecular weight excluding hydrogens is 228 g/mol. The Morgan fingerprint density at radius 3 is 2.62 bits per heavy atom. The Morgan fingerprint density at radius 1 is 1.38 bits per heavy atom. The average Bonchev–Trinajstić information content (AvgIpc) is 3.04. The number of benzene rings is 1. The van der Waals surface area contributed by atoms with Crippen LogP contribution in [0.1, 0.15) is 12.8 Å². The minimum Gasteiger partial charge on any atom is -0.506 e. The zero-order chi connectivity index (χ0) is 11.8. The fourth-order valence-electron chi connectivity index (χ4n) is 1.39. The second-order valence-corrected chi connectivity index (χ2v) is 5.79. The molecule has 0 spiro atoms. The van der Waals surface area contributed by atoms with Gasteiger partial charge in [0.05, 0.1) is 10.9 Å². The summed E-state index contributed by atoms with van der Waals surface area (Å²) in [7, 11) is -1.60. The van der Waals surface area contributed by atoms with Gasteiger partial charge in [-0.2, -0.15) is 0 Å². The van der Waals surface area contributed by atoms with Gasteiger partial charge < -0.3 is 10.4 Å². The summed E-state index contributed by atoms with van der Waals surface area (Å²) >= 11 is 0. The van der Waals surface area contributed by atoms with Crippen molar-refractivity contribution < 1.29 is 13.5 Å². The fourth-order valence-corrected chi connectivity index (χ4v) is 2.78. The van der Waals surface area contributed by atoms with E-state index in [9.17, 15) is 13.5 Å². The van der Waals surface area contributed by atoms with Crippen LogP contribution in [-0.4, -0.2) is 25.8 Å². The zero-order valence-corrected chi connectivity index (χ0v) is 9.71. The molecule has 1 aromatic carbocycles. The number of aromatic hydroxyl groups is 1. The van der Waals surface area contributed by atoms with Crippen molar-refractivity contribution in [2.45, 2.75) is 18.1 Å². The van der Waals surface area contributed by atoms with Gasteiger partial charge in [0.1, 0.15) is 5.75 Å². The summed E-state index contributed by atoms with van der Waals surface area (Å²) in [6, 6.07) is 4.69. The van der Waals surface area contributed by atoms with Crippen LogP contribution in [0.5, 0.6) is 5.75 Å². The van der Waals surface area contributed by atoms with E-state index in [1.807, 2.05) is 0 Å². The number of hydrogen-bond acceptors (Lipinski definition) is 4. The highest BCUT2D eigenvalue weighted by Gasteiger charge is 2.36. The van der Waals surface area contributed by atoms with Gasteiger partial charge in [0.25, 0.3) is 0 Å². The summed E-state index contributed by atoms with van der Waals surface area (Å²) in [5.41, 5.74) is 0.963. The van der Waals surface area contributed by atoms with Gasteiger partial charge >= 0.3 is 0 Å². The van der Waals surface area contributed by atoms with Crippen molar-refractivity contribution in [2.24, 2.45) is 0 Å². The lowest BCUT2D eigenvalue weighted by Crippen LogP contribution is -2.17. The van der Waals surface area contributed by atoms with E-state index in [4.69, 9.17) is 0 Å². The molecule has 0 atom stereocenters. The second-order valence-electron chi connectivity index (χ2n) is 3.83. The van der Waals surface area contributed by atoms with Crippen molar-refractivity contribution in [1.82, 2.24) is 0 Å². The van der Waals surface area contributed by atoms with Crippen LogP contribution < -0.4 is 10.0 Å². The van der Waals surface area contributed by atoms with Crippen molar-refractivity contribution in [3.63, 3.8) is 0 Å². The Labute approximate surface area is 94.5 Å². The number of rotatable bonds is 4. The third-order valence-corrected chi connectivity index (χ3v) is 4.35. The molecule has 0 amide bonds. The monoisotopic (exact) mass is 242 g/mol. The molecular formula is C10H14N2O3S. The van der Waals surface area contributed by atoms with Crippen molar-refractivity contribution in [3.8, 4) is 5.75 Å². The normalized spacial score (nSPS) is 15.8. The topological polar surface area (TPSA) is 78.4 Å². The van der Waals surface area contributed by atoms with Gasteiger partial charge in [0, 0.05) is 12.7 Å². The van der Waals surface area contributed by atoms with Crippen molar-refractivity contribution in [1.29, 1.82) is 0 Å². The number of phenols is 1. The summed E-state index contributed by atoms with van der Waals surface area (Å²) in [4.78, 5) is 0. The zero-order valence-electron chi connectivity index (χ0n) is 8.90. The first-order valence-electron chi connectivity index (χ1n) is 5.05. The largest absolute Gasteiger partial charge is 0.506 e. The van der Waals surface area contributed by atoms with Crippen LogP contribution in [0.4, 0.5) is 11.4 Å². The minimum absolute atomic E-state index is 0.0665. The molecule has 0 heterocycles. The summed E-state index contributed by atoms with van der Waals surface area (Å²) in [5, 5.41) is 12.1. The van der Waals surface area contributed by atoms with E-state index in [1.165, 1.54) is 6.07 Å². The van der Waals surface area contributed by atoms with E-state index >= 15 is 0 Å². The molecule has 5 nitrogen and oxygen atoms in total. The van der Waals surface area contributed by atoms with E-state index in [0.717, 1.165) is 5.69 Å². The molecule has 0 aliphatic heterocycles. The Kier molecular flexibility index (Phi) is 2.67. The molecule has 1 aliphatic carbocycles. The highest BCUT2D eigenvalue weighted by molar-refractivity contribution is 7.93. The Balaban J connectivity index is 2.26. The van der Waals surface area contributed by atoms with E-state index in [0.29, 0.717) is 12.8 Å². The van der Waals surface area contributed by atoms with Gasteiger partial charge in [-0.05, 0) is 31.0 Å². The maximum Gasteiger partial charge on any atom is 0.235 e. The maximum absolute atomic E-state index is 11.7. The summed E-state index contributed by atoms with van der Waals surface area (Å²) < 4.78 is 25.7. The van der Waals surface area contributed by atoms with Gasteiger partial charge in [-0.3, -0.25) is 4.72 Å². The Bertz CT molecular complexity index is 495. The van der Waals surface area contributed by atoms with Gasteiger partial charge in [-0.1, -0.05) is 0 Å². The number of phenolic OH excluding ortho intramolecular Hbond substituents is 1. The molecule has 0 radical (unpaired) electrons. The molecule has 6 heteroatoms. The number of sulfonamides is 1. The van der Waals surface area contributed by atoms with Crippen molar-refractivity contribution in [2.75, 3.05) is 17.1 Å².